The number of ether oxygens (including phenoxy) is 1. The summed E-state index contributed by atoms with van der Waals surface area (Å²) < 4.78 is 5.44. The number of thioether (sulfide) groups is 1. The summed E-state index contributed by atoms with van der Waals surface area (Å²) in [5.74, 6) is 0.228. The molecule has 1 aliphatic heterocycles. The molecule has 0 aromatic heterocycles. The maximum Gasteiger partial charge on any atom is 0.288 e. The average Bonchev–Trinajstić information content (AvgIpc) is 3.20. The number of nitrogens with zero attached hydrogens (tertiary/aromatic N) is 2. The molecule has 1 N–H and O–H groups in total. The van der Waals surface area contributed by atoms with Gasteiger partial charge in [0, 0.05) is 22.9 Å². The van der Waals surface area contributed by atoms with Crippen molar-refractivity contribution < 1.29 is 19.2 Å². The molecule has 4 rings (SSSR count). The number of para-hydroxylation sites is 3. The molecule has 10 heteroatoms. The SMILES string of the molecule is COc1ccccc1N1C(=O)CSC1c1ccccc1NC(=O)c1ccc(Cl)c([N+](=O)[O-])c1. The normalized spacial score (nSPS) is 15.4. The largest absolute Gasteiger partial charge is 0.495 e. The number of methoxy groups -OCH3 is 1. The molecule has 33 heavy (non-hydrogen) atoms. The molecule has 0 aliphatic carbocycles. The van der Waals surface area contributed by atoms with Crippen molar-refractivity contribution in [2.45, 2.75) is 5.37 Å². The van der Waals surface area contributed by atoms with E-state index in [1.807, 2.05) is 30.3 Å². The molecule has 168 valence electrons. The second kappa shape index (κ2) is 9.51. The van der Waals surface area contributed by atoms with Crippen molar-refractivity contribution in [1.29, 1.82) is 0 Å². The van der Waals surface area contributed by atoms with E-state index in [-0.39, 0.29) is 27.9 Å². The zero-order chi connectivity index (χ0) is 23.5. The van der Waals surface area contributed by atoms with Crippen LogP contribution in [-0.4, -0.2) is 29.6 Å². The smallest absolute Gasteiger partial charge is 0.288 e. The maximum atomic E-state index is 12.9. The van der Waals surface area contributed by atoms with Crippen LogP contribution in [0.15, 0.2) is 66.7 Å². The lowest BCUT2D eigenvalue weighted by Gasteiger charge is -2.27. The van der Waals surface area contributed by atoms with Crippen LogP contribution in [0.4, 0.5) is 17.1 Å². The van der Waals surface area contributed by atoms with E-state index >= 15 is 0 Å². The average molecular weight is 484 g/mol. The number of benzene rings is 3. The van der Waals surface area contributed by atoms with Gasteiger partial charge in [-0.15, -0.1) is 11.8 Å². The van der Waals surface area contributed by atoms with Gasteiger partial charge in [0.15, 0.2) is 0 Å². The number of hydrogen-bond acceptors (Lipinski definition) is 6. The number of nitro benzene ring substituents is 1. The minimum absolute atomic E-state index is 0.0507. The summed E-state index contributed by atoms with van der Waals surface area (Å²) in [5.41, 5.74) is 1.59. The second-order valence-corrected chi connectivity index (χ2v) is 8.54. The van der Waals surface area contributed by atoms with Gasteiger partial charge in [-0.05, 0) is 30.3 Å². The molecule has 1 heterocycles. The standard InChI is InChI=1S/C23H18ClN3O5S/c1-32-20-9-5-4-8-18(20)26-21(28)13-33-23(26)15-6-2-3-7-17(15)25-22(29)14-10-11-16(24)19(12-14)27(30)31/h2-12,23H,13H2,1H3,(H,25,29). The quantitative estimate of drug-likeness (QED) is 0.377. The fourth-order valence-electron chi connectivity index (χ4n) is 3.56. The summed E-state index contributed by atoms with van der Waals surface area (Å²) >= 11 is 7.29. The van der Waals surface area contributed by atoms with Gasteiger partial charge >= 0.3 is 0 Å². The highest BCUT2D eigenvalue weighted by molar-refractivity contribution is 8.00. The van der Waals surface area contributed by atoms with Crippen LogP contribution in [0.5, 0.6) is 5.75 Å². The third-order valence-electron chi connectivity index (χ3n) is 5.09. The number of carbonyl (C=O) groups is 2. The number of halogens is 1. The fourth-order valence-corrected chi connectivity index (χ4v) is 4.95. The van der Waals surface area contributed by atoms with E-state index in [1.54, 1.807) is 30.2 Å². The van der Waals surface area contributed by atoms with Crippen molar-refractivity contribution in [3.8, 4) is 5.75 Å². The molecule has 3 aromatic carbocycles. The Balaban J connectivity index is 1.68. The Kier molecular flexibility index (Phi) is 6.52. The van der Waals surface area contributed by atoms with Crippen molar-refractivity contribution >= 4 is 52.2 Å². The highest BCUT2D eigenvalue weighted by Crippen LogP contribution is 2.46. The third kappa shape index (κ3) is 4.50. The number of amides is 2. The van der Waals surface area contributed by atoms with Crippen molar-refractivity contribution in [3.63, 3.8) is 0 Å². The summed E-state index contributed by atoms with van der Waals surface area (Å²) in [4.78, 5) is 37.9. The molecule has 3 aromatic rings. The van der Waals surface area contributed by atoms with E-state index in [9.17, 15) is 19.7 Å². The molecule has 1 atom stereocenters. The molecular formula is C23H18ClN3O5S. The summed E-state index contributed by atoms with van der Waals surface area (Å²) in [6.45, 7) is 0. The first-order valence-electron chi connectivity index (χ1n) is 9.81. The van der Waals surface area contributed by atoms with Gasteiger partial charge in [-0.25, -0.2) is 0 Å². The zero-order valence-corrected chi connectivity index (χ0v) is 18.9. The van der Waals surface area contributed by atoms with Gasteiger partial charge in [0.05, 0.1) is 23.5 Å². The maximum absolute atomic E-state index is 12.9. The second-order valence-electron chi connectivity index (χ2n) is 7.06. The first-order valence-corrected chi connectivity index (χ1v) is 11.2. The van der Waals surface area contributed by atoms with E-state index in [1.165, 1.54) is 23.9 Å². The predicted molar refractivity (Wildman–Crippen MR) is 128 cm³/mol. The van der Waals surface area contributed by atoms with Crippen LogP contribution in [0, 0.1) is 10.1 Å². The van der Waals surface area contributed by atoms with Crippen LogP contribution >= 0.6 is 23.4 Å². The van der Waals surface area contributed by atoms with Gasteiger partial charge in [-0.1, -0.05) is 41.9 Å². The number of carbonyl (C=O) groups excluding carboxylic acids is 2. The van der Waals surface area contributed by atoms with Crippen LogP contribution in [0.1, 0.15) is 21.3 Å². The number of rotatable bonds is 6. The van der Waals surface area contributed by atoms with E-state index in [0.717, 1.165) is 11.6 Å². The minimum Gasteiger partial charge on any atom is -0.495 e. The minimum atomic E-state index is -0.640. The van der Waals surface area contributed by atoms with Crippen LogP contribution in [-0.2, 0) is 4.79 Å². The Morgan fingerprint density at radius 3 is 2.67 bits per heavy atom. The van der Waals surface area contributed by atoms with Gasteiger partial charge in [0.1, 0.15) is 16.1 Å². The van der Waals surface area contributed by atoms with Crippen LogP contribution < -0.4 is 15.0 Å². The molecule has 0 saturated carbocycles. The van der Waals surface area contributed by atoms with Crippen molar-refractivity contribution in [3.05, 3.63) is 93.0 Å². The molecule has 2 amide bonds. The molecule has 8 nitrogen and oxygen atoms in total. The summed E-state index contributed by atoms with van der Waals surface area (Å²) in [6.07, 6.45) is 0. The van der Waals surface area contributed by atoms with Gasteiger partial charge in [-0.3, -0.25) is 24.6 Å². The van der Waals surface area contributed by atoms with Gasteiger partial charge in [0.2, 0.25) is 5.91 Å². The van der Waals surface area contributed by atoms with Gasteiger partial charge in [-0.2, -0.15) is 0 Å². The first-order chi connectivity index (χ1) is 15.9. The van der Waals surface area contributed by atoms with Crippen LogP contribution in [0.3, 0.4) is 0 Å². The molecule has 1 fully saturated rings. The number of hydrogen-bond donors (Lipinski definition) is 1. The van der Waals surface area contributed by atoms with Crippen molar-refractivity contribution in [1.82, 2.24) is 0 Å². The topological polar surface area (TPSA) is 102 Å². The summed E-state index contributed by atoms with van der Waals surface area (Å²) in [6, 6.07) is 18.2. The lowest BCUT2D eigenvalue weighted by atomic mass is 10.1. The Morgan fingerprint density at radius 1 is 1.18 bits per heavy atom. The molecule has 1 aliphatic rings. The molecule has 0 spiro atoms. The predicted octanol–water partition coefficient (Wildman–Crippen LogP) is 5.29. The lowest BCUT2D eigenvalue weighted by Crippen LogP contribution is -2.29. The highest BCUT2D eigenvalue weighted by atomic mass is 35.5. The molecule has 0 radical (unpaired) electrons. The van der Waals surface area contributed by atoms with E-state index in [4.69, 9.17) is 16.3 Å². The summed E-state index contributed by atoms with van der Waals surface area (Å²) in [5, 5.41) is 13.5. The summed E-state index contributed by atoms with van der Waals surface area (Å²) in [7, 11) is 1.54. The van der Waals surface area contributed by atoms with Crippen LogP contribution in [0.25, 0.3) is 0 Å². The Bertz CT molecular complexity index is 1250. The number of nitro groups is 1. The van der Waals surface area contributed by atoms with Gasteiger partial charge < -0.3 is 10.1 Å². The monoisotopic (exact) mass is 483 g/mol. The van der Waals surface area contributed by atoms with E-state index < -0.39 is 16.2 Å². The van der Waals surface area contributed by atoms with Gasteiger partial charge in [0.25, 0.3) is 11.6 Å². The number of nitrogens with one attached hydrogen (secondary N) is 1. The number of anilines is 2. The third-order valence-corrected chi connectivity index (χ3v) is 6.61. The lowest BCUT2D eigenvalue weighted by molar-refractivity contribution is -0.384. The zero-order valence-electron chi connectivity index (χ0n) is 17.4. The fraction of sp³-hybridized carbons (Fsp3) is 0.130. The van der Waals surface area contributed by atoms with E-state index in [0.29, 0.717) is 17.1 Å². The Labute approximate surface area is 198 Å². The van der Waals surface area contributed by atoms with E-state index in [2.05, 4.69) is 5.32 Å². The van der Waals surface area contributed by atoms with Crippen LogP contribution in [0.2, 0.25) is 5.02 Å². The molecule has 1 saturated heterocycles. The Hall–Kier alpha value is -3.56. The Morgan fingerprint density at radius 2 is 1.91 bits per heavy atom. The first kappa shape index (κ1) is 22.6. The van der Waals surface area contributed by atoms with Crippen molar-refractivity contribution in [2.24, 2.45) is 0 Å². The molecular weight excluding hydrogens is 466 g/mol. The highest BCUT2D eigenvalue weighted by Gasteiger charge is 2.37. The molecule has 1 unspecified atom stereocenters. The van der Waals surface area contributed by atoms with Crippen molar-refractivity contribution in [2.75, 3.05) is 23.1 Å². The molecule has 0 bridgehead atoms.